The van der Waals surface area contributed by atoms with E-state index in [9.17, 15) is 5.11 Å². The van der Waals surface area contributed by atoms with Crippen molar-refractivity contribution >= 4 is 0 Å². The minimum absolute atomic E-state index is 0.244. The Morgan fingerprint density at radius 3 is 2.87 bits per heavy atom. The molecule has 0 radical (unpaired) electrons. The lowest BCUT2D eigenvalue weighted by atomic mass is 10.3. The van der Waals surface area contributed by atoms with Crippen molar-refractivity contribution in [1.82, 2.24) is 9.55 Å². The van der Waals surface area contributed by atoms with Gasteiger partial charge in [-0.15, -0.1) is 0 Å². The Balaban J connectivity index is 2.45. The lowest BCUT2D eigenvalue weighted by Gasteiger charge is -2.08. The first-order valence-corrected chi connectivity index (χ1v) is 4.83. The Labute approximate surface area is 88.0 Å². The monoisotopic (exact) mass is 203 g/mol. The number of para-hydroxylation sites is 2. The van der Waals surface area contributed by atoms with Gasteiger partial charge >= 0.3 is 0 Å². The van der Waals surface area contributed by atoms with Crippen LogP contribution in [0.2, 0.25) is 0 Å². The quantitative estimate of drug-likeness (QED) is 0.784. The zero-order valence-corrected chi connectivity index (χ0v) is 8.30. The summed E-state index contributed by atoms with van der Waals surface area (Å²) in [5, 5.41) is 9.70. The molecule has 3 N–H and O–H groups in total. The van der Waals surface area contributed by atoms with Crippen molar-refractivity contribution in [2.75, 3.05) is 6.54 Å². The third kappa shape index (κ3) is 1.85. The lowest BCUT2D eigenvalue weighted by Crippen LogP contribution is -2.08. The van der Waals surface area contributed by atoms with Gasteiger partial charge in [0.2, 0.25) is 0 Å². The van der Waals surface area contributed by atoms with E-state index < -0.39 is 0 Å². The maximum atomic E-state index is 9.70. The van der Waals surface area contributed by atoms with Crippen LogP contribution in [-0.2, 0) is 6.42 Å². The molecule has 0 fully saturated rings. The SMILES string of the molecule is NCCc1nccn1-c1ccccc1O. The summed E-state index contributed by atoms with van der Waals surface area (Å²) in [6.45, 7) is 0.546. The first-order chi connectivity index (χ1) is 7.33. The van der Waals surface area contributed by atoms with E-state index in [4.69, 9.17) is 5.73 Å². The van der Waals surface area contributed by atoms with Gasteiger partial charge in [-0.1, -0.05) is 12.1 Å². The number of hydrogen-bond donors (Lipinski definition) is 2. The van der Waals surface area contributed by atoms with Crippen molar-refractivity contribution in [3.8, 4) is 11.4 Å². The minimum atomic E-state index is 0.244. The largest absolute Gasteiger partial charge is 0.506 e. The molecule has 1 aromatic carbocycles. The van der Waals surface area contributed by atoms with Crippen LogP contribution in [0.15, 0.2) is 36.7 Å². The van der Waals surface area contributed by atoms with Crippen molar-refractivity contribution in [2.45, 2.75) is 6.42 Å². The van der Waals surface area contributed by atoms with Crippen molar-refractivity contribution in [3.05, 3.63) is 42.5 Å². The number of benzene rings is 1. The summed E-state index contributed by atoms with van der Waals surface area (Å²) in [5.74, 6) is 1.10. The van der Waals surface area contributed by atoms with Crippen molar-refractivity contribution < 1.29 is 5.11 Å². The van der Waals surface area contributed by atoms with Crippen LogP contribution < -0.4 is 5.73 Å². The van der Waals surface area contributed by atoms with E-state index >= 15 is 0 Å². The van der Waals surface area contributed by atoms with E-state index in [1.54, 1.807) is 18.3 Å². The Hall–Kier alpha value is -1.81. The fourth-order valence-electron chi connectivity index (χ4n) is 1.54. The van der Waals surface area contributed by atoms with Gasteiger partial charge in [0.25, 0.3) is 0 Å². The number of rotatable bonds is 3. The van der Waals surface area contributed by atoms with E-state index in [2.05, 4.69) is 4.98 Å². The van der Waals surface area contributed by atoms with E-state index in [0.717, 1.165) is 11.5 Å². The first-order valence-electron chi connectivity index (χ1n) is 4.83. The molecule has 0 saturated carbocycles. The zero-order chi connectivity index (χ0) is 10.7. The second-order valence-corrected chi connectivity index (χ2v) is 3.24. The molecule has 0 saturated heterocycles. The number of phenols is 1. The molecular weight excluding hydrogens is 190 g/mol. The highest BCUT2D eigenvalue weighted by molar-refractivity contribution is 5.46. The van der Waals surface area contributed by atoms with Crippen molar-refractivity contribution in [3.63, 3.8) is 0 Å². The number of phenolic OH excluding ortho intramolecular Hbond substituents is 1. The Morgan fingerprint density at radius 1 is 1.33 bits per heavy atom. The lowest BCUT2D eigenvalue weighted by molar-refractivity contribution is 0.471. The third-order valence-electron chi connectivity index (χ3n) is 2.23. The van der Waals surface area contributed by atoms with E-state index in [1.165, 1.54) is 0 Å². The van der Waals surface area contributed by atoms with E-state index in [0.29, 0.717) is 13.0 Å². The Kier molecular flexibility index (Phi) is 2.69. The van der Waals surface area contributed by atoms with Crippen LogP contribution in [0, 0.1) is 0 Å². The van der Waals surface area contributed by atoms with Crippen LogP contribution in [0.5, 0.6) is 5.75 Å². The molecule has 0 unspecified atom stereocenters. The number of nitrogens with zero attached hydrogens (tertiary/aromatic N) is 2. The molecule has 1 aromatic heterocycles. The predicted molar refractivity (Wildman–Crippen MR) is 58.0 cm³/mol. The van der Waals surface area contributed by atoms with Gasteiger partial charge < -0.3 is 15.4 Å². The van der Waals surface area contributed by atoms with Gasteiger partial charge in [0, 0.05) is 18.8 Å². The van der Waals surface area contributed by atoms with Crippen LogP contribution in [0.1, 0.15) is 5.82 Å². The maximum absolute atomic E-state index is 9.70. The maximum Gasteiger partial charge on any atom is 0.139 e. The van der Waals surface area contributed by atoms with Gasteiger partial charge in [0.15, 0.2) is 0 Å². The van der Waals surface area contributed by atoms with Gasteiger partial charge in [-0.05, 0) is 18.7 Å². The molecule has 0 bridgehead atoms. The summed E-state index contributed by atoms with van der Waals surface area (Å²) in [6, 6.07) is 7.16. The van der Waals surface area contributed by atoms with Crippen LogP contribution in [0.3, 0.4) is 0 Å². The highest BCUT2D eigenvalue weighted by Gasteiger charge is 2.06. The summed E-state index contributed by atoms with van der Waals surface area (Å²) in [7, 11) is 0. The van der Waals surface area contributed by atoms with Crippen molar-refractivity contribution in [2.24, 2.45) is 5.73 Å². The molecule has 0 amide bonds. The van der Waals surface area contributed by atoms with Crippen LogP contribution in [0.4, 0.5) is 0 Å². The molecule has 15 heavy (non-hydrogen) atoms. The fourth-order valence-corrected chi connectivity index (χ4v) is 1.54. The third-order valence-corrected chi connectivity index (χ3v) is 2.23. The molecule has 1 heterocycles. The number of aromatic nitrogens is 2. The average molecular weight is 203 g/mol. The number of nitrogens with two attached hydrogens (primary N) is 1. The molecule has 78 valence electrons. The molecular formula is C11H13N3O. The van der Waals surface area contributed by atoms with Gasteiger partial charge in [-0.25, -0.2) is 4.98 Å². The summed E-state index contributed by atoms with van der Waals surface area (Å²) in [4.78, 5) is 4.20. The fraction of sp³-hybridized carbons (Fsp3) is 0.182. The molecule has 0 spiro atoms. The average Bonchev–Trinajstić information content (AvgIpc) is 2.67. The zero-order valence-electron chi connectivity index (χ0n) is 8.30. The summed E-state index contributed by atoms with van der Waals surface area (Å²) in [6.07, 6.45) is 4.22. The Bertz CT molecular complexity index is 451. The number of aromatic hydroxyl groups is 1. The van der Waals surface area contributed by atoms with E-state index in [-0.39, 0.29) is 5.75 Å². The second kappa shape index (κ2) is 4.14. The van der Waals surface area contributed by atoms with Gasteiger partial charge in [0.05, 0.1) is 5.69 Å². The van der Waals surface area contributed by atoms with Gasteiger partial charge in [-0.2, -0.15) is 0 Å². The standard InChI is InChI=1S/C11H13N3O/c12-6-5-11-13-7-8-14(11)9-3-1-2-4-10(9)15/h1-4,7-8,15H,5-6,12H2. The molecule has 2 aromatic rings. The first kappa shape index (κ1) is 9.73. The van der Waals surface area contributed by atoms with Crippen LogP contribution >= 0.6 is 0 Å². The molecule has 2 rings (SSSR count). The van der Waals surface area contributed by atoms with Gasteiger partial charge in [0.1, 0.15) is 11.6 Å². The Morgan fingerprint density at radius 2 is 2.13 bits per heavy atom. The van der Waals surface area contributed by atoms with Gasteiger partial charge in [-0.3, -0.25) is 0 Å². The molecule has 4 heteroatoms. The number of imidazole rings is 1. The van der Waals surface area contributed by atoms with Crippen molar-refractivity contribution in [1.29, 1.82) is 0 Å². The highest BCUT2D eigenvalue weighted by Crippen LogP contribution is 2.21. The number of hydrogen-bond acceptors (Lipinski definition) is 3. The highest BCUT2D eigenvalue weighted by atomic mass is 16.3. The molecule has 0 atom stereocenters. The van der Waals surface area contributed by atoms with Crippen LogP contribution in [-0.4, -0.2) is 21.2 Å². The second-order valence-electron chi connectivity index (χ2n) is 3.24. The normalized spacial score (nSPS) is 10.5. The van der Waals surface area contributed by atoms with Crippen LogP contribution in [0.25, 0.3) is 5.69 Å². The molecule has 0 aliphatic heterocycles. The topological polar surface area (TPSA) is 64.1 Å². The smallest absolute Gasteiger partial charge is 0.139 e. The summed E-state index contributed by atoms with van der Waals surface area (Å²) < 4.78 is 1.85. The summed E-state index contributed by atoms with van der Waals surface area (Å²) >= 11 is 0. The molecule has 0 aliphatic carbocycles. The van der Waals surface area contributed by atoms with E-state index in [1.807, 2.05) is 22.9 Å². The molecule has 4 nitrogen and oxygen atoms in total. The predicted octanol–water partition coefficient (Wildman–Crippen LogP) is 1.08. The minimum Gasteiger partial charge on any atom is -0.506 e. The summed E-state index contributed by atoms with van der Waals surface area (Å²) in [5.41, 5.74) is 6.22. The molecule has 0 aliphatic rings.